The van der Waals surface area contributed by atoms with Crippen LogP contribution >= 0.6 is 0 Å². The van der Waals surface area contributed by atoms with E-state index >= 15 is 0 Å². The second-order valence-corrected chi connectivity index (χ2v) is 7.74. The Morgan fingerprint density at radius 1 is 1.19 bits per heavy atom. The summed E-state index contributed by atoms with van der Waals surface area (Å²) in [5.74, 6) is -1.61. The topological polar surface area (TPSA) is 151 Å². The first-order valence-electron chi connectivity index (χ1n) is 9.97. The van der Waals surface area contributed by atoms with Crippen LogP contribution in [0.1, 0.15) is 43.0 Å². The van der Waals surface area contributed by atoms with Gasteiger partial charge in [-0.3, -0.25) is 30.1 Å². The van der Waals surface area contributed by atoms with E-state index in [-0.39, 0.29) is 11.8 Å². The Balaban J connectivity index is 1.32. The molecule has 12 heteroatoms. The average molecular weight is 426 g/mol. The fraction of sp³-hybridized carbons (Fsp3) is 0.421. The minimum atomic E-state index is -0.930. The minimum absolute atomic E-state index is 0.00161. The molecule has 5 amide bonds. The van der Waals surface area contributed by atoms with Gasteiger partial charge in [-0.25, -0.2) is 9.48 Å². The Labute approximate surface area is 177 Å². The predicted molar refractivity (Wildman–Crippen MR) is 105 cm³/mol. The number of benzene rings is 1. The number of hydrazine groups is 1. The Bertz CT molecular complexity index is 1010. The SMILES string of the molecule is CC1CCCCC12NC(=O)N(CC(=O)NNC(=O)c1ccc(-n3cnnn3)cc1)C2=O. The highest BCUT2D eigenvalue weighted by molar-refractivity contribution is 6.09. The summed E-state index contributed by atoms with van der Waals surface area (Å²) in [4.78, 5) is 50.7. The molecule has 1 aromatic carbocycles. The second kappa shape index (κ2) is 8.13. The third kappa shape index (κ3) is 3.83. The number of urea groups is 1. The lowest BCUT2D eigenvalue weighted by atomic mass is 9.73. The van der Waals surface area contributed by atoms with E-state index in [4.69, 9.17) is 0 Å². The summed E-state index contributed by atoms with van der Waals surface area (Å²) in [5, 5.41) is 13.6. The van der Waals surface area contributed by atoms with E-state index in [2.05, 4.69) is 31.7 Å². The highest BCUT2D eigenvalue weighted by atomic mass is 16.2. The monoisotopic (exact) mass is 426 g/mol. The first-order valence-corrected chi connectivity index (χ1v) is 9.97. The van der Waals surface area contributed by atoms with Crippen LogP contribution in [-0.2, 0) is 9.59 Å². The van der Waals surface area contributed by atoms with Crippen LogP contribution in [0.25, 0.3) is 5.69 Å². The van der Waals surface area contributed by atoms with Crippen LogP contribution in [0.3, 0.4) is 0 Å². The van der Waals surface area contributed by atoms with E-state index < -0.39 is 29.9 Å². The Morgan fingerprint density at radius 2 is 1.97 bits per heavy atom. The van der Waals surface area contributed by atoms with E-state index in [1.807, 2.05) is 6.92 Å². The van der Waals surface area contributed by atoms with E-state index in [1.54, 1.807) is 24.3 Å². The van der Waals surface area contributed by atoms with E-state index in [1.165, 1.54) is 11.0 Å². The summed E-state index contributed by atoms with van der Waals surface area (Å²) in [6.45, 7) is 1.46. The molecule has 12 nitrogen and oxygen atoms in total. The Kier molecular flexibility index (Phi) is 5.36. The van der Waals surface area contributed by atoms with Gasteiger partial charge < -0.3 is 5.32 Å². The van der Waals surface area contributed by atoms with Crippen molar-refractivity contribution in [2.75, 3.05) is 6.54 Å². The number of imide groups is 1. The molecule has 2 fully saturated rings. The largest absolute Gasteiger partial charge is 0.325 e. The van der Waals surface area contributed by atoms with Crippen molar-refractivity contribution in [3.05, 3.63) is 36.2 Å². The zero-order valence-corrected chi connectivity index (χ0v) is 16.9. The van der Waals surface area contributed by atoms with Gasteiger partial charge in [-0.15, -0.1) is 5.10 Å². The molecule has 31 heavy (non-hydrogen) atoms. The summed E-state index contributed by atoms with van der Waals surface area (Å²) in [6, 6.07) is 5.79. The van der Waals surface area contributed by atoms with Gasteiger partial charge in [0.25, 0.3) is 17.7 Å². The summed E-state index contributed by atoms with van der Waals surface area (Å²) in [6.07, 6.45) is 4.68. The molecule has 1 aliphatic carbocycles. The molecule has 1 aromatic heterocycles. The lowest BCUT2D eigenvalue weighted by molar-refractivity contribution is -0.137. The number of amides is 5. The van der Waals surface area contributed by atoms with Crippen molar-refractivity contribution in [3.8, 4) is 5.69 Å². The minimum Gasteiger partial charge on any atom is -0.323 e. The summed E-state index contributed by atoms with van der Waals surface area (Å²) >= 11 is 0. The maximum atomic E-state index is 12.9. The first kappa shape index (κ1) is 20.4. The molecule has 2 aliphatic rings. The number of nitrogens with one attached hydrogen (secondary N) is 3. The smallest absolute Gasteiger partial charge is 0.323 e. The van der Waals surface area contributed by atoms with Gasteiger partial charge >= 0.3 is 6.03 Å². The van der Waals surface area contributed by atoms with E-state index in [0.717, 1.165) is 24.2 Å². The molecule has 2 unspecified atom stereocenters. The Morgan fingerprint density at radius 3 is 2.65 bits per heavy atom. The quantitative estimate of drug-likeness (QED) is 0.457. The predicted octanol–water partition coefficient (Wildman–Crippen LogP) is -0.0760. The average Bonchev–Trinajstić information content (AvgIpc) is 3.38. The zero-order chi connectivity index (χ0) is 22.0. The highest BCUT2D eigenvalue weighted by Gasteiger charge is 2.55. The number of nitrogens with zero attached hydrogens (tertiary/aromatic N) is 5. The molecule has 162 valence electrons. The molecule has 3 N–H and O–H groups in total. The number of tetrazole rings is 1. The van der Waals surface area contributed by atoms with Gasteiger partial charge in [0.05, 0.1) is 5.69 Å². The van der Waals surface area contributed by atoms with Gasteiger partial charge in [-0.1, -0.05) is 19.8 Å². The molecule has 2 atom stereocenters. The van der Waals surface area contributed by atoms with Crippen LogP contribution in [-0.4, -0.2) is 60.9 Å². The normalized spacial score (nSPS) is 23.0. The van der Waals surface area contributed by atoms with Crippen LogP contribution < -0.4 is 16.2 Å². The molecular weight excluding hydrogens is 404 g/mol. The fourth-order valence-electron chi connectivity index (χ4n) is 4.07. The van der Waals surface area contributed by atoms with Crippen molar-refractivity contribution in [3.63, 3.8) is 0 Å². The van der Waals surface area contributed by atoms with Crippen LogP contribution in [0.5, 0.6) is 0 Å². The molecule has 0 bridgehead atoms. The van der Waals surface area contributed by atoms with Crippen molar-refractivity contribution < 1.29 is 19.2 Å². The fourth-order valence-corrected chi connectivity index (χ4v) is 4.07. The van der Waals surface area contributed by atoms with Crippen LogP contribution in [0.15, 0.2) is 30.6 Å². The van der Waals surface area contributed by atoms with Crippen molar-refractivity contribution in [2.45, 2.75) is 38.1 Å². The van der Waals surface area contributed by atoms with E-state index in [0.29, 0.717) is 17.7 Å². The summed E-state index contributed by atoms with van der Waals surface area (Å²) < 4.78 is 1.43. The molecule has 2 aromatic rings. The van der Waals surface area contributed by atoms with Crippen molar-refractivity contribution in [1.82, 2.24) is 41.3 Å². The van der Waals surface area contributed by atoms with Crippen molar-refractivity contribution in [2.24, 2.45) is 5.92 Å². The lowest BCUT2D eigenvalue weighted by Crippen LogP contribution is -2.54. The third-order valence-corrected chi connectivity index (χ3v) is 5.86. The first-order chi connectivity index (χ1) is 14.9. The van der Waals surface area contributed by atoms with Gasteiger partial charge in [-0.2, -0.15) is 0 Å². The zero-order valence-electron chi connectivity index (χ0n) is 16.9. The van der Waals surface area contributed by atoms with Gasteiger partial charge in [0.1, 0.15) is 18.4 Å². The second-order valence-electron chi connectivity index (χ2n) is 7.74. The summed E-state index contributed by atoms with van der Waals surface area (Å²) in [5.41, 5.74) is 4.55. The highest BCUT2D eigenvalue weighted by Crippen LogP contribution is 2.38. The van der Waals surface area contributed by atoms with Crippen LogP contribution in [0, 0.1) is 5.92 Å². The standard InChI is InChI=1S/C19H22N8O4/c1-12-4-2-3-9-19(12)17(30)26(18(31)21-19)10-15(28)22-23-16(29)13-5-7-14(8-6-13)27-11-20-24-25-27/h5-8,11-12H,2-4,9-10H2,1H3,(H,21,31)(H,22,28)(H,23,29). The maximum Gasteiger partial charge on any atom is 0.325 e. The summed E-state index contributed by atoms with van der Waals surface area (Å²) in [7, 11) is 0. The molecule has 0 radical (unpaired) electrons. The Hall–Kier alpha value is -3.83. The number of hydrogen-bond donors (Lipinski definition) is 3. The molecule has 1 spiro atoms. The maximum absolute atomic E-state index is 12.9. The van der Waals surface area contributed by atoms with Crippen molar-refractivity contribution in [1.29, 1.82) is 0 Å². The van der Waals surface area contributed by atoms with Gasteiger partial charge in [-0.05, 0) is 53.5 Å². The van der Waals surface area contributed by atoms with Crippen LogP contribution in [0.4, 0.5) is 4.79 Å². The number of carbonyl (C=O) groups excluding carboxylic acids is 4. The number of hydrogen-bond acceptors (Lipinski definition) is 7. The molecule has 1 saturated carbocycles. The molecule has 2 heterocycles. The third-order valence-electron chi connectivity index (χ3n) is 5.86. The van der Waals surface area contributed by atoms with Gasteiger partial charge in [0.15, 0.2) is 0 Å². The molecule has 1 saturated heterocycles. The van der Waals surface area contributed by atoms with Crippen LogP contribution in [0.2, 0.25) is 0 Å². The number of carbonyl (C=O) groups is 4. The van der Waals surface area contributed by atoms with E-state index in [9.17, 15) is 19.2 Å². The lowest BCUT2D eigenvalue weighted by Gasteiger charge is -2.36. The molecule has 4 rings (SSSR count). The number of rotatable bonds is 4. The molecule has 1 aliphatic heterocycles. The van der Waals surface area contributed by atoms with Gasteiger partial charge in [0.2, 0.25) is 0 Å². The van der Waals surface area contributed by atoms with Gasteiger partial charge in [0, 0.05) is 5.56 Å². The molecular formula is C19H22N8O4. The number of aromatic nitrogens is 4. The van der Waals surface area contributed by atoms with Crippen molar-refractivity contribution >= 4 is 23.8 Å².